The zero-order valence-electron chi connectivity index (χ0n) is 8.29. The van der Waals surface area contributed by atoms with Crippen molar-refractivity contribution in [2.24, 2.45) is 0 Å². The molecule has 0 saturated carbocycles. The molecule has 0 aromatic heterocycles. The van der Waals surface area contributed by atoms with Crippen LogP contribution in [0.3, 0.4) is 0 Å². The van der Waals surface area contributed by atoms with Crippen molar-refractivity contribution in [3.8, 4) is 5.75 Å². The van der Waals surface area contributed by atoms with E-state index >= 15 is 0 Å². The number of alkyl halides is 1. The molecule has 0 bridgehead atoms. The number of ketones is 1. The van der Waals surface area contributed by atoms with Gasteiger partial charge in [-0.25, -0.2) is 0 Å². The van der Waals surface area contributed by atoms with Crippen LogP contribution in [0.5, 0.6) is 5.75 Å². The van der Waals surface area contributed by atoms with E-state index in [2.05, 4.69) is 0 Å². The number of hydrogen-bond acceptors (Lipinski definition) is 2. The molecule has 0 aliphatic heterocycles. The van der Waals surface area contributed by atoms with Crippen molar-refractivity contribution >= 4 is 17.4 Å². The van der Waals surface area contributed by atoms with Gasteiger partial charge in [-0.3, -0.25) is 4.79 Å². The molecule has 14 heavy (non-hydrogen) atoms. The quantitative estimate of drug-likeness (QED) is 0.567. The van der Waals surface area contributed by atoms with E-state index in [9.17, 15) is 4.79 Å². The Kier molecular flexibility index (Phi) is 3.96. The van der Waals surface area contributed by atoms with E-state index < -0.39 is 5.38 Å². The lowest BCUT2D eigenvalue weighted by molar-refractivity contribution is 0.0991. The smallest absolute Gasteiger partial charge is 0.180 e. The van der Waals surface area contributed by atoms with Crippen molar-refractivity contribution in [1.82, 2.24) is 0 Å². The fourth-order valence-electron chi connectivity index (χ4n) is 1.11. The largest absolute Gasteiger partial charge is 0.494 e. The minimum Gasteiger partial charge on any atom is -0.494 e. The van der Waals surface area contributed by atoms with Crippen molar-refractivity contribution in [3.05, 3.63) is 29.8 Å². The Labute approximate surface area is 88.8 Å². The van der Waals surface area contributed by atoms with Gasteiger partial charge >= 0.3 is 0 Å². The highest BCUT2D eigenvalue weighted by atomic mass is 35.5. The van der Waals surface area contributed by atoms with E-state index in [-0.39, 0.29) is 5.78 Å². The molecule has 1 aromatic carbocycles. The average Bonchev–Trinajstić information content (AvgIpc) is 2.18. The van der Waals surface area contributed by atoms with E-state index in [1.54, 1.807) is 31.2 Å². The summed E-state index contributed by atoms with van der Waals surface area (Å²) >= 11 is 5.68. The van der Waals surface area contributed by atoms with Gasteiger partial charge in [-0.1, -0.05) is 0 Å². The van der Waals surface area contributed by atoms with E-state index in [1.165, 1.54) is 0 Å². The Bertz CT molecular complexity index is 304. The van der Waals surface area contributed by atoms with Gasteiger partial charge in [-0.15, -0.1) is 11.6 Å². The second-order valence-corrected chi connectivity index (χ2v) is 3.59. The highest BCUT2D eigenvalue weighted by molar-refractivity contribution is 6.33. The molecule has 0 radical (unpaired) electrons. The zero-order chi connectivity index (χ0) is 10.6. The van der Waals surface area contributed by atoms with Crippen molar-refractivity contribution in [2.45, 2.75) is 19.2 Å². The molecule has 1 rings (SSSR count). The van der Waals surface area contributed by atoms with Crippen LogP contribution in [0.2, 0.25) is 0 Å². The topological polar surface area (TPSA) is 26.3 Å². The van der Waals surface area contributed by atoms with Crippen LogP contribution in [0, 0.1) is 0 Å². The zero-order valence-corrected chi connectivity index (χ0v) is 9.04. The molecule has 0 spiro atoms. The monoisotopic (exact) mass is 212 g/mol. The van der Waals surface area contributed by atoms with Gasteiger partial charge < -0.3 is 4.74 Å². The van der Waals surface area contributed by atoms with Crippen LogP contribution >= 0.6 is 11.6 Å². The third-order valence-electron chi connectivity index (χ3n) is 1.81. The van der Waals surface area contributed by atoms with Crippen molar-refractivity contribution < 1.29 is 9.53 Å². The fraction of sp³-hybridized carbons (Fsp3) is 0.364. The summed E-state index contributed by atoms with van der Waals surface area (Å²) in [7, 11) is 0. The summed E-state index contributed by atoms with van der Waals surface area (Å²) in [5.74, 6) is 0.709. The predicted molar refractivity (Wildman–Crippen MR) is 57.3 cm³/mol. The fourth-order valence-corrected chi connectivity index (χ4v) is 1.24. The SMILES string of the molecule is CCOc1ccc(C(=O)[C@H](C)Cl)cc1. The molecule has 0 N–H and O–H groups in total. The van der Waals surface area contributed by atoms with Crippen LogP contribution in [0.25, 0.3) is 0 Å². The van der Waals surface area contributed by atoms with Gasteiger partial charge in [-0.2, -0.15) is 0 Å². The highest BCUT2D eigenvalue weighted by Crippen LogP contribution is 2.14. The second-order valence-electron chi connectivity index (χ2n) is 2.94. The van der Waals surface area contributed by atoms with Gasteiger partial charge in [0, 0.05) is 5.56 Å². The maximum atomic E-state index is 11.4. The first-order chi connectivity index (χ1) is 6.65. The first-order valence-corrected chi connectivity index (χ1v) is 5.00. The lowest BCUT2D eigenvalue weighted by Gasteiger charge is -2.05. The molecular formula is C11H13ClO2. The predicted octanol–water partition coefficient (Wildman–Crippen LogP) is 2.90. The molecule has 0 heterocycles. The van der Waals surface area contributed by atoms with Crippen LogP contribution < -0.4 is 4.74 Å². The Morgan fingerprint density at radius 3 is 2.43 bits per heavy atom. The number of halogens is 1. The molecule has 1 aromatic rings. The Balaban J connectivity index is 2.78. The minimum absolute atomic E-state index is 0.0604. The molecule has 1 atom stereocenters. The first-order valence-electron chi connectivity index (χ1n) is 4.56. The Hall–Kier alpha value is -1.02. The molecule has 0 aliphatic rings. The molecule has 0 amide bonds. The maximum absolute atomic E-state index is 11.4. The molecule has 0 aliphatic carbocycles. The van der Waals surface area contributed by atoms with Crippen molar-refractivity contribution in [1.29, 1.82) is 0 Å². The first kappa shape index (κ1) is 11.1. The number of carbonyl (C=O) groups is 1. The van der Waals surface area contributed by atoms with E-state index in [0.29, 0.717) is 12.2 Å². The summed E-state index contributed by atoms with van der Waals surface area (Å²) < 4.78 is 5.26. The summed E-state index contributed by atoms with van der Waals surface area (Å²) in [6.45, 7) is 4.21. The molecular weight excluding hydrogens is 200 g/mol. The van der Waals surface area contributed by atoms with Crippen LogP contribution in [0.1, 0.15) is 24.2 Å². The average molecular weight is 213 g/mol. The van der Waals surface area contributed by atoms with Gasteiger partial charge in [0.15, 0.2) is 5.78 Å². The summed E-state index contributed by atoms with van der Waals surface area (Å²) in [5.41, 5.74) is 0.621. The standard InChI is InChI=1S/C11H13ClO2/c1-3-14-10-6-4-9(5-7-10)11(13)8(2)12/h4-8H,3H2,1-2H3/t8-/m0/s1. The van der Waals surface area contributed by atoms with Gasteiger partial charge in [-0.05, 0) is 38.1 Å². The van der Waals surface area contributed by atoms with Gasteiger partial charge in [0.05, 0.1) is 12.0 Å². The lowest BCUT2D eigenvalue weighted by atomic mass is 10.1. The highest BCUT2D eigenvalue weighted by Gasteiger charge is 2.11. The molecule has 3 heteroatoms. The van der Waals surface area contributed by atoms with E-state index in [1.807, 2.05) is 6.92 Å². The molecule has 2 nitrogen and oxygen atoms in total. The number of Topliss-reactive ketones (excluding diaryl/α,β-unsaturated/α-hetero) is 1. The van der Waals surface area contributed by atoms with Gasteiger partial charge in [0.25, 0.3) is 0 Å². The van der Waals surface area contributed by atoms with Crippen LogP contribution in [0.4, 0.5) is 0 Å². The molecule has 0 fully saturated rings. The second kappa shape index (κ2) is 5.01. The van der Waals surface area contributed by atoms with Crippen molar-refractivity contribution in [2.75, 3.05) is 6.61 Å². The Morgan fingerprint density at radius 2 is 2.00 bits per heavy atom. The third kappa shape index (κ3) is 2.74. The van der Waals surface area contributed by atoms with Crippen molar-refractivity contribution in [3.63, 3.8) is 0 Å². The number of ether oxygens (including phenoxy) is 1. The molecule has 76 valence electrons. The molecule has 0 saturated heterocycles. The van der Waals surface area contributed by atoms with E-state index in [0.717, 1.165) is 5.75 Å². The summed E-state index contributed by atoms with van der Waals surface area (Å²) in [6.07, 6.45) is 0. The van der Waals surface area contributed by atoms with E-state index in [4.69, 9.17) is 16.3 Å². The van der Waals surface area contributed by atoms with Crippen LogP contribution in [-0.2, 0) is 0 Å². The summed E-state index contributed by atoms with van der Waals surface area (Å²) in [6, 6.07) is 7.00. The van der Waals surface area contributed by atoms with Gasteiger partial charge in [0.1, 0.15) is 5.75 Å². The maximum Gasteiger partial charge on any atom is 0.180 e. The van der Waals surface area contributed by atoms with Crippen LogP contribution in [0.15, 0.2) is 24.3 Å². The minimum atomic E-state index is -0.479. The summed E-state index contributed by atoms with van der Waals surface area (Å²) in [5, 5.41) is -0.479. The normalized spacial score (nSPS) is 12.2. The summed E-state index contributed by atoms with van der Waals surface area (Å²) in [4.78, 5) is 11.4. The number of rotatable bonds is 4. The Morgan fingerprint density at radius 1 is 1.43 bits per heavy atom. The third-order valence-corrected chi connectivity index (χ3v) is 2.01. The van der Waals surface area contributed by atoms with Gasteiger partial charge in [0.2, 0.25) is 0 Å². The number of hydrogen-bond donors (Lipinski definition) is 0. The number of carbonyl (C=O) groups excluding carboxylic acids is 1. The van der Waals surface area contributed by atoms with Crippen LogP contribution in [-0.4, -0.2) is 17.8 Å². The number of benzene rings is 1. The molecule has 0 unspecified atom stereocenters. The lowest BCUT2D eigenvalue weighted by Crippen LogP contribution is -2.10.